The zero-order valence-electron chi connectivity index (χ0n) is 19.7. The average Bonchev–Trinajstić information content (AvgIpc) is 3.49. The monoisotopic (exact) mass is 503 g/mol. The van der Waals surface area contributed by atoms with E-state index in [1.165, 1.54) is 24.1 Å². The highest BCUT2D eigenvalue weighted by molar-refractivity contribution is 6.30. The first-order chi connectivity index (χ1) is 17.4. The number of hydrazone groups is 1. The van der Waals surface area contributed by atoms with E-state index in [0.717, 1.165) is 16.9 Å². The van der Waals surface area contributed by atoms with Gasteiger partial charge in [-0.15, -0.1) is 5.10 Å². The molecule has 0 spiro atoms. The molecular weight excluding hydrogens is 481 g/mol. The smallest absolute Gasteiger partial charge is 0.240 e. The van der Waals surface area contributed by atoms with Gasteiger partial charge in [0, 0.05) is 13.3 Å². The molecule has 0 N–H and O–H groups in total. The molecule has 7 nitrogen and oxygen atoms in total. The zero-order chi connectivity index (χ0) is 25.2. The number of amides is 1. The van der Waals surface area contributed by atoms with E-state index >= 15 is 0 Å². The Morgan fingerprint density at radius 1 is 1.11 bits per heavy atom. The first kappa shape index (κ1) is 23.7. The van der Waals surface area contributed by atoms with Crippen LogP contribution < -0.4 is 4.74 Å². The van der Waals surface area contributed by atoms with Gasteiger partial charge >= 0.3 is 0 Å². The van der Waals surface area contributed by atoms with Crippen molar-refractivity contribution in [2.45, 2.75) is 32.9 Å². The highest BCUT2D eigenvalue weighted by atomic mass is 35.5. The van der Waals surface area contributed by atoms with Gasteiger partial charge in [0.25, 0.3) is 0 Å². The molecular formula is C27H23ClFN5O2. The fraction of sp³-hybridized carbons (Fsp3) is 0.185. The number of nitrogens with zero attached hydrogens (tertiary/aromatic N) is 5. The third-order valence-electron chi connectivity index (χ3n) is 6.06. The van der Waals surface area contributed by atoms with Gasteiger partial charge in [0.15, 0.2) is 0 Å². The molecule has 5 rings (SSSR count). The Balaban J connectivity index is 1.35. The molecule has 1 amide bonds. The lowest BCUT2D eigenvalue weighted by atomic mass is 10.00. The molecule has 0 aliphatic carbocycles. The standard InChI is InChI=1S/C27H23ClFN5O2/c1-17-27(30-32-33(17)21-10-13-24(29)23(28)14-21)25-15-26(34(31-25)18(2)35)20-8-11-22(12-9-20)36-16-19-6-4-3-5-7-19/h3-14,26H,15-16H2,1-2H3. The molecule has 2 heterocycles. The summed E-state index contributed by atoms with van der Waals surface area (Å²) in [7, 11) is 0. The minimum absolute atomic E-state index is 0.00108. The van der Waals surface area contributed by atoms with Crippen LogP contribution in [0.4, 0.5) is 4.39 Å². The summed E-state index contributed by atoms with van der Waals surface area (Å²) in [5.41, 5.74) is 4.55. The maximum Gasteiger partial charge on any atom is 0.240 e. The van der Waals surface area contributed by atoms with Gasteiger partial charge in [-0.2, -0.15) is 5.10 Å². The first-order valence-corrected chi connectivity index (χ1v) is 11.8. The molecule has 4 aromatic rings. The molecule has 36 heavy (non-hydrogen) atoms. The fourth-order valence-corrected chi connectivity index (χ4v) is 4.36. The van der Waals surface area contributed by atoms with Crippen LogP contribution in [0.3, 0.4) is 0 Å². The van der Waals surface area contributed by atoms with Crippen LogP contribution in [0.25, 0.3) is 5.69 Å². The van der Waals surface area contributed by atoms with Crippen LogP contribution in [0.5, 0.6) is 5.75 Å². The van der Waals surface area contributed by atoms with Crippen molar-refractivity contribution in [1.82, 2.24) is 20.0 Å². The lowest BCUT2D eigenvalue weighted by Crippen LogP contribution is -2.24. The Hall–Kier alpha value is -4.04. The molecule has 1 aliphatic heterocycles. The van der Waals surface area contributed by atoms with Gasteiger partial charge in [0.05, 0.1) is 28.2 Å². The summed E-state index contributed by atoms with van der Waals surface area (Å²) in [6.07, 6.45) is 0.480. The number of aromatic nitrogens is 3. The van der Waals surface area contributed by atoms with Crippen LogP contribution in [-0.4, -0.2) is 31.6 Å². The maximum absolute atomic E-state index is 13.6. The number of ether oxygens (including phenoxy) is 1. The van der Waals surface area contributed by atoms with Gasteiger partial charge in [-0.25, -0.2) is 14.1 Å². The lowest BCUT2D eigenvalue weighted by molar-refractivity contribution is -0.130. The van der Waals surface area contributed by atoms with Crippen LogP contribution >= 0.6 is 11.6 Å². The van der Waals surface area contributed by atoms with E-state index in [1.807, 2.05) is 61.5 Å². The molecule has 0 bridgehead atoms. The molecule has 0 radical (unpaired) electrons. The van der Waals surface area contributed by atoms with Gasteiger partial charge in [-0.05, 0) is 48.4 Å². The van der Waals surface area contributed by atoms with E-state index in [0.29, 0.717) is 35.8 Å². The third-order valence-corrected chi connectivity index (χ3v) is 6.35. The summed E-state index contributed by atoms with van der Waals surface area (Å²) in [6, 6.07) is 21.7. The second kappa shape index (κ2) is 9.91. The second-order valence-corrected chi connectivity index (χ2v) is 8.91. The Labute approximate surface area is 212 Å². The summed E-state index contributed by atoms with van der Waals surface area (Å²) in [5, 5.41) is 14.6. The first-order valence-electron chi connectivity index (χ1n) is 11.4. The maximum atomic E-state index is 13.6. The summed E-state index contributed by atoms with van der Waals surface area (Å²) in [5.74, 6) is 0.0673. The van der Waals surface area contributed by atoms with E-state index in [1.54, 1.807) is 10.7 Å². The van der Waals surface area contributed by atoms with E-state index in [-0.39, 0.29) is 17.0 Å². The van der Waals surface area contributed by atoms with Crippen molar-refractivity contribution in [3.05, 3.63) is 106 Å². The summed E-state index contributed by atoms with van der Waals surface area (Å²) in [6.45, 7) is 3.81. The van der Waals surface area contributed by atoms with Crippen LogP contribution in [-0.2, 0) is 11.4 Å². The molecule has 1 aromatic heterocycles. The minimum atomic E-state index is -0.505. The van der Waals surface area contributed by atoms with Crippen molar-refractivity contribution in [1.29, 1.82) is 0 Å². The average molecular weight is 504 g/mol. The molecule has 1 atom stereocenters. The summed E-state index contributed by atoms with van der Waals surface area (Å²) >= 11 is 5.94. The number of halogens is 2. The van der Waals surface area contributed by atoms with E-state index in [4.69, 9.17) is 16.3 Å². The van der Waals surface area contributed by atoms with E-state index in [2.05, 4.69) is 15.4 Å². The molecule has 3 aromatic carbocycles. The molecule has 1 aliphatic rings. The number of carbonyl (C=O) groups is 1. The van der Waals surface area contributed by atoms with Crippen molar-refractivity contribution in [3.63, 3.8) is 0 Å². The quantitative estimate of drug-likeness (QED) is 0.341. The number of hydrogen-bond donors (Lipinski definition) is 0. The number of hydrogen-bond acceptors (Lipinski definition) is 5. The third kappa shape index (κ3) is 4.72. The summed E-state index contributed by atoms with van der Waals surface area (Å²) in [4.78, 5) is 12.4. The highest BCUT2D eigenvalue weighted by Crippen LogP contribution is 2.34. The van der Waals surface area contributed by atoms with Crippen molar-refractivity contribution < 1.29 is 13.9 Å². The van der Waals surface area contributed by atoms with Gasteiger partial charge in [-0.1, -0.05) is 59.3 Å². The number of carbonyl (C=O) groups excluding carboxylic acids is 1. The molecule has 1 unspecified atom stereocenters. The number of benzene rings is 3. The van der Waals surface area contributed by atoms with Gasteiger partial charge < -0.3 is 4.74 Å². The molecule has 0 saturated carbocycles. The molecule has 0 saturated heterocycles. The van der Waals surface area contributed by atoms with Crippen LogP contribution in [0.15, 0.2) is 77.9 Å². The van der Waals surface area contributed by atoms with Crippen molar-refractivity contribution in [2.24, 2.45) is 5.10 Å². The predicted octanol–water partition coefficient (Wildman–Crippen LogP) is 5.64. The lowest BCUT2D eigenvalue weighted by Gasteiger charge is -2.20. The Kier molecular flexibility index (Phi) is 6.52. The Morgan fingerprint density at radius 2 is 1.86 bits per heavy atom. The fourth-order valence-electron chi connectivity index (χ4n) is 4.19. The number of rotatable bonds is 6. The second-order valence-electron chi connectivity index (χ2n) is 8.51. The highest BCUT2D eigenvalue weighted by Gasteiger charge is 2.33. The Bertz CT molecular complexity index is 1440. The van der Waals surface area contributed by atoms with E-state index in [9.17, 15) is 9.18 Å². The van der Waals surface area contributed by atoms with Crippen LogP contribution in [0, 0.1) is 12.7 Å². The zero-order valence-corrected chi connectivity index (χ0v) is 20.5. The molecule has 9 heteroatoms. The van der Waals surface area contributed by atoms with Crippen molar-refractivity contribution >= 4 is 23.2 Å². The van der Waals surface area contributed by atoms with Gasteiger partial charge in [0.1, 0.15) is 23.9 Å². The largest absolute Gasteiger partial charge is 0.489 e. The van der Waals surface area contributed by atoms with Crippen molar-refractivity contribution in [3.8, 4) is 11.4 Å². The minimum Gasteiger partial charge on any atom is -0.489 e. The van der Waals surface area contributed by atoms with Gasteiger partial charge in [-0.3, -0.25) is 4.79 Å². The summed E-state index contributed by atoms with van der Waals surface area (Å²) < 4.78 is 21.1. The van der Waals surface area contributed by atoms with E-state index < -0.39 is 5.82 Å². The molecule has 0 fully saturated rings. The molecule has 182 valence electrons. The SMILES string of the molecule is CC(=O)N1N=C(c2nnn(-c3ccc(F)c(Cl)c3)c2C)CC1c1ccc(OCc2ccccc2)cc1. The Morgan fingerprint density at radius 3 is 2.56 bits per heavy atom. The van der Waals surface area contributed by atoms with Crippen LogP contribution in [0.1, 0.15) is 41.9 Å². The normalized spacial score (nSPS) is 15.2. The van der Waals surface area contributed by atoms with Crippen molar-refractivity contribution in [2.75, 3.05) is 0 Å². The topological polar surface area (TPSA) is 72.6 Å². The predicted molar refractivity (Wildman–Crippen MR) is 135 cm³/mol. The van der Waals surface area contributed by atoms with Gasteiger partial charge in [0.2, 0.25) is 5.91 Å². The van der Waals surface area contributed by atoms with Crippen LogP contribution in [0.2, 0.25) is 5.02 Å².